The summed E-state index contributed by atoms with van der Waals surface area (Å²) in [6.07, 6.45) is 0. The summed E-state index contributed by atoms with van der Waals surface area (Å²) in [6, 6.07) is 9.68. The van der Waals surface area contributed by atoms with Gasteiger partial charge in [-0.1, -0.05) is 12.1 Å². The topological polar surface area (TPSA) is 38.7 Å². The predicted molar refractivity (Wildman–Crippen MR) is 117 cm³/mol. The van der Waals surface area contributed by atoms with E-state index in [2.05, 4.69) is 71.6 Å². The van der Waals surface area contributed by atoms with E-state index in [1.807, 2.05) is 0 Å². The van der Waals surface area contributed by atoms with Crippen LogP contribution in [-0.2, 0) is 0 Å². The zero-order valence-electron chi connectivity index (χ0n) is 17.8. The number of fused-ring (bicyclic) bond motifs is 1. The lowest BCUT2D eigenvalue weighted by atomic mass is 10.2. The van der Waals surface area contributed by atoms with Crippen molar-refractivity contribution in [3.63, 3.8) is 0 Å². The summed E-state index contributed by atoms with van der Waals surface area (Å²) in [5, 5.41) is 1.17. The number of piperazine rings is 2. The van der Waals surface area contributed by atoms with Gasteiger partial charge in [0, 0.05) is 69.8 Å². The van der Waals surface area contributed by atoms with Crippen molar-refractivity contribution >= 4 is 22.7 Å². The third-order valence-electron chi connectivity index (χ3n) is 6.24. The quantitative estimate of drug-likeness (QED) is 0.810. The minimum absolute atomic E-state index is 0.604. The number of rotatable bonds is 4. The van der Waals surface area contributed by atoms with E-state index < -0.39 is 0 Å². The average molecular weight is 383 g/mol. The molecule has 2 fully saturated rings. The van der Waals surface area contributed by atoms with Crippen LogP contribution < -0.4 is 9.80 Å². The summed E-state index contributed by atoms with van der Waals surface area (Å²) in [4.78, 5) is 19.9. The second-order valence-electron chi connectivity index (χ2n) is 8.60. The third-order valence-corrected chi connectivity index (χ3v) is 6.24. The summed E-state index contributed by atoms with van der Waals surface area (Å²) in [5.74, 6) is 2.00. The van der Waals surface area contributed by atoms with Crippen molar-refractivity contribution in [1.29, 1.82) is 0 Å². The molecule has 0 N–H and O–H groups in total. The Hall–Kier alpha value is -1.92. The molecule has 2 aromatic rings. The molecule has 6 heteroatoms. The molecule has 4 rings (SSSR count). The highest BCUT2D eigenvalue weighted by Crippen LogP contribution is 2.28. The van der Waals surface area contributed by atoms with Gasteiger partial charge < -0.3 is 9.80 Å². The van der Waals surface area contributed by atoms with E-state index in [-0.39, 0.29) is 0 Å². The lowest BCUT2D eigenvalue weighted by molar-refractivity contribution is 0.208. The van der Waals surface area contributed by atoms with Crippen LogP contribution in [-0.4, -0.2) is 84.2 Å². The average Bonchev–Trinajstić information content (AvgIpc) is 2.73. The molecule has 0 aliphatic carbocycles. The van der Waals surface area contributed by atoms with Gasteiger partial charge in [-0.3, -0.25) is 9.80 Å². The molecule has 152 valence electrons. The lowest BCUT2D eigenvalue weighted by Crippen LogP contribution is -2.50. The Morgan fingerprint density at radius 2 is 1.21 bits per heavy atom. The third kappa shape index (κ3) is 3.94. The second-order valence-corrected chi connectivity index (χ2v) is 8.60. The van der Waals surface area contributed by atoms with Crippen molar-refractivity contribution in [3.05, 3.63) is 24.3 Å². The normalized spacial score (nSPS) is 19.9. The van der Waals surface area contributed by atoms with Gasteiger partial charge in [0.05, 0.1) is 5.52 Å². The first-order valence-electron chi connectivity index (χ1n) is 10.8. The van der Waals surface area contributed by atoms with Crippen LogP contribution >= 0.6 is 0 Å². The van der Waals surface area contributed by atoms with Crippen LogP contribution in [0.2, 0.25) is 0 Å². The fourth-order valence-electron chi connectivity index (χ4n) is 4.32. The summed E-state index contributed by atoms with van der Waals surface area (Å²) >= 11 is 0. The van der Waals surface area contributed by atoms with Crippen molar-refractivity contribution in [2.45, 2.75) is 39.8 Å². The number of nitrogens with zero attached hydrogens (tertiary/aromatic N) is 6. The van der Waals surface area contributed by atoms with Gasteiger partial charge in [0.2, 0.25) is 5.95 Å². The lowest BCUT2D eigenvalue weighted by Gasteiger charge is -2.39. The molecule has 0 spiro atoms. The van der Waals surface area contributed by atoms with E-state index >= 15 is 0 Å². The predicted octanol–water partition coefficient (Wildman–Crippen LogP) is 2.69. The molecule has 0 unspecified atom stereocenters. The highest BCUT2D eigenvalue weighted by molar-refractivity contribution is 5.90. The number of hydrogen-bond acceptors (Lipinski definition) is 6. The highest BCUT2D eigenvalue weighted by atomic mass is 15.4. The summed E-state index contributed by atoms with van der Waals surface area (Å²) in [5.41, 5.74) is 1.06. The molecule has 6 nitrogen and oxygen atoms in total. The van der Waals surface area contributed by atoms with Crippen LogP contribution in [0.3, 0.4) is 0 Å². The Morgan fingerprint density at radius 1 is 0.679 bits per heavy atom. The monoisotopic (exact) mass is 382 g/mol. The van der Waals surface area contributed by atoms with Gasteiger partial charge in [-0.15, -0.1) is 0 Å². The molecule has 0 saturated carbocycles. The Balaban J connectivity index is 1.60. The van der Waals surface area contributed by atoms with Crippen molar-refractivity contribution < 1.29 is 0 Å². The molecular weight excluding hydrogens is 348 g/mol. The largest absolute Gasteiger partial charge is 0.353 e. The minimum Gasteiger partial charge on any atom is -0.353 e. The molecule has 0 atom stereocenters. The van der Waals surface area contributed by atoms with Gasteiger partial charge in [-0.25, -0.2) is 4.98 Å². The van der Waals surface area contributed by atoms with Crippen LogP contribution in [0.5, 0.6) is 0 Å². The molecule has 1 aromatic carbocycles. The van der Waals surface area contributed by atoms with E-state index in [0.29, 0.717) is 12.1 Å². The van der Waals surface area contributed by atoms with Gasteiger partial charge in [-0.05, 0) is 39.8 Å². The number of para-hydroxylation sites is 1. The number of aromatic nitrogens is 2. The van der Waals surface area contributed by atoms with Gasteiger partial charge in [-0.2, -0.15) is 4.98 Å². The molecule has 3 heterocycles. The van der Waals surface area contributed by atoms with Gasteiger partial charge in [0.15, 0.2) is 0 Å². The zero-order chi connectivity index (χ0) is 19.7. The molecule has 2 saturated heterocycles. The number of benzene rings is 1. The molecular formula is C22H34N6. The summed E-state index contributed by atoms with van der Waals surface area (Å²) in [7, 11) is 0. The van der Waals surface area contributed by atoms with E-state index in [9.17, 15) is 0 Å². The smallest absolute Gasteiger partial charge is 0.227 e. The minimum atomic E-state index is 0.604. The van der Waals surface area contributed by atoms with Crippen molar-refractivity contribution in [2.24, 2.45) is 0 Å². The molecule has 1 aromatic heterocycles. The number of anilines is 2. The first kappa shape index (κ1) is 19.4. The highest BCUT2D eigenvalue weighted by Gasteiger charge is 2.25. The summed E-state index contributed by atoms with van der Waals surface area (Å²) in [6.45, 7) is 17.5. The van der Waals surface area contributed by atoms with Crippen LogP contribution in [0, 0.1) is 0 Å². The molecule has 2 aliphatic rings. The Morgan fingerprint density at radius 3 is 1.79 bits per heavy atom. The molecule has 0 amide bonds. The Bertz CT molecular complexity index is 789. The van der Waals surface area contributed by atoms with E-state index in [0.717, 1.165) is 69.6 Å². The maximum absolute atomic E-state index is 5.09. The van der Waals surface area contributed by atoms with Crippen molar-refractivity contribution in [1.82, 2.24) is 19.8 Å². The first-order chi connectivity index (χ1) is 13.5. The maximum Gasteiger partial charge on any atom is 0.227 e. The van der Waals surface area contributed by atoms with Crippen LogP contribution in [0.1, 0.15) is 27.7 Å². The van der Waals surface area contributed by atoms with Gasteiger partial charge in [0.25, 0.3) is 0 Å². The molecule has 0 bridgehead atoms. The Kier molecular flexibility index (Phi) is 5.69. The van der Waals surface area contributed by atoms with E-state index in [4.69, 9.17) is 9.97 Å². The first-order valence-corrected chi connectivity index (χ1v) is 10.8. The maximum atomic E-state index is 5.09. The zero-order valence-corrected chi connectivity index (χ0v) is 17.8. The molecule has 2 aliphatic heterocycles. The SMILES string of the molecule is CC(C)N1CCN(c2nc(N3CCN(C(C)C)CC3)c3ccccc3n2)CC1. The van der Waals surface area contributed by atoms with Crippen molar-refractivity contribution in [3.8, 4) is 0 Å². The Labute approximate surface area is 169 Å². The second kappa shape index (κ2) is 8.21. The summed E-state index contributed by atoms with van der Waals surface area (Å²) < 4.78 is 0. The van der Waals surface area contributed by atoms with E-state index in [1.165, 1.54) is 5.39 Å². The fraction of sp³-hybridized carbons (Fsp3) is 0.636. The van der Waals surface area contributed by atoms with Gasteiger partial charge in [0.1, 0.15) is 5.82 Å². The van der Waals surface area contributed by atoms with Gasteiger partial charge >= 0.3 is 0 Å². The van der Waals surface area contributed by atoms with E-state index in [1.54, 1.807) is 0 Å². The van der Waals surface area contributed by atoms with Crippen molar-refractivity contribution in [2.75, 3.05) is 62.2 Å². The standard InChI is InChI=1S/C22H34N6/c1-17(2)25-9-13-27(14-10-25)21-19-7-5-6-8-20(19)23-22(24-21)28-15-11-26(12-16-28)18(3)4/h5-8,17-18H,9-16H2,1-4H3. The fourth-order valence-corrected chi connectivity index (χ4v) is 4.32. The van der Waals surface area contributed by atoms with Crippen LogP contribution in [0.25, 0.3) is 10.9 Å². The van der Waals surface area contributed by atoms with Crippen LogP contribution in [0.15, 0.2) is 24.3 Å². The number of hydrogen-bond donors (Lipinski definition) is 0. The molecule has 28 heavy (non-hydrogen) atoms. The van der Waals surface area contributed by atoms with Crippen LogP contribution in [0.4, 0.5) is 11.8 Å². The molecule has 0 radical (unpaired) electrons.